The molecule has 0 saturated carbocycles. The summed E-state index contributed by atoms with van der Waals surface area (Å²) in [6, 6.07) is 13.2. The summed E-state index contributed by atoms with van der Waals surface area (Å²) in [6.45, 7) is 4.24. The van der Waals surface area contributed by atoms with E-state index in [4.69, 9.17) is 4.74 Å². The molecule has 0 unspecified atom stereocenters. The molecule has 1 aliphatic rings. The molecule has 1 aliphatic heterocycles. The zero-order chi connectivity index (χ0) is 18.7. The number of halogens is 1. The quantitative estimate of drug-likeness (QED) is 0.809. The lowest BCUT2D eigenvalue weighted by Gasteiger charge is -2.18. The van der Waals surface area contributed by atoms with E-state index in [1.165, 1.54) is 18.2 Å². The first-order chi connectivity index (χ1) is 12.5. The van der Waals surface area contributed by atoms with Gasteiger partial charge in [-0.3, -0.25) is 9.59 Å². The van der Waals surface area contributed by atoms with E-state index in [0.29, 0.717) is 6.54 Å². The standard InChI is InChI=1S/C20H21FN2O3/c1-12(2)26-14-9-7-13(8-10-14)15-11-22-19(24)18(15)20(25)23-17-6-4-3-5-16(17)21/h3-10,12,15,18H,11H2,1-2H3,(H,22,24)(H,23,25)/t15-,18-/m1/s1. The molecule has 0 spiro atoms. The fourth-order valence-electron chi connectivity index (χ4n) is 3.07. The molecule has 1 heterocycles. The lowest BCUT2D eigenvalue weighted by molar-refractivity contribution is -0.130. The summed E-state index contributed by atoms with van der Waals surface area (Å²) < 4.78 is 19.4. The van der Waals surface area contributed by atoms with E-state index in [0.717, 1.165) is 11.3 Å². The smallest absolute Gasteiger partial charge is 0.237 e. The third kappa shape index (κ3) is 3.85. The lowest BCUT2D eigenvalue weighted by atomic mass is 9.88. The maximum atomic E-state index is 13.8. The highest BCUT2D eigenvalue weighted by Gasteiger charge is 2.41. The summed E-state index contributed by atoms with van der Waals surface area (Å²) in [6.07, 6.45) is 0.0647. The molecule has 1 saturated heterocycles. The van der Waals surface area contributed by atoms with Gasteiger partial charge in [-0.15, -0.1) is 0 Å². The number of amides is 2. The molecule has 0 aliphatic carbocycles. The third-order valence-electron chi connectivity index (χ3n) is 4.28. The van der Waals surface area contributed by atoms with E-state index in [2.05, 4.69) is 10.6 Å². The SMILES string of the molecule is CC(C)Oc1ccc([C@H]2CNC(=O)[C@@H]2C(=O)Nc2ccccc2F)cc1. The van der Waals surface area contributed by atoms with Crippen LogP contribution in [0.4, 0.5) is 10.1 Å². The number of hydrogen-bond acceptors (Lipinski definition) is 3. The Balaban J connectivity index is 1.78. The predicted octanol–water partition coefficient (Wildman–Crippen LogP) is 3.08. The summed E-state index contributed by atoms with van der Waals surface area (Å²) >= 11 is 0. The van der Waals surface area contributed by atoms with Gasteiger partial charge in [0.15, 0.2) is 0 Å². The van der Waals surface area contributed by atoms with Gasteiger partial charge < -0.3 is 15.4 Å². The van der Waals surface area contributed by atoms with Gasteiger partial charge in [0.1, 0.15) is 17.5 Å². The van der Waals surface area contributed by atoms with Crippen LogP contribution in [-0.2, 0) is 9.59 Å². The molecular weight excluding hydrogens is 335 g/mol. The Bertz CT molecular complexity index is 805. The molecule has 0 aromatic heterocycles. The Hall–Kier alpha value is -2.89. The summed E-state index contributed by atoms with van der Waals surface area (Å²) in [7, 11) is 0. The number of benzene rings is 2. The van der Waals surface area contributed by atoms with E-state index >= 15 is 0 Å². The van der Waals surface area contributed by atoms with E-state index in [1.807, 2.05) is 38.1 Å². The van der Waals surface area contributed by atoms with E-state index < -0.39 is 17.6 Å². The zero-order valence-electron chi connectivity index (χ0n) is 14.7. The molecule has 26 heavy (non-hydrogen) atoms. The van der Waals surface area contributed by atoms with Gasteiger partial charge in [0.05, 0.1) is 11.8 Å². The van der Waals surface area contributed by atoms with Crippen molar-refractivity contribution in [3.05, 3.63) is 59.9 Å². The average Bonchev–Trinajstić information content (AvgIpc) is 2.99. The Morgan fingerprint density at radius 2 is 1.88 bits per heavy atom. The van der Waals surface area contributed by atoms with Gasteiger partial charge >= 0.3 is 0 Å². The number of para-hydroxylation sites is 1. The van der Waals surface area contributed by atoms with Crippen LogP contribution in [0.5, 0.6) is 5.75 Å². The van der Waals surface area contributed by atoms with Gasteiger partial charge in [-0.25, -0.2) is 4.39 Å². The Labute approximate surface area is 151 Å². The number of anilines is 1. The minimum atomic E-state index is -0.911. The van der Waals surface area contributed by atoms with Crippen LogP contribution < -0.4 is 15.4 Å². The summed E-state index contributed by atoms with van der Waals surface area (Å²) in [4.78, 5) is 24.8. The highest BCUT2D eigenvalue weighted by Crippen LogP contribution is 2.31. The van der Waals surface area contributed by atoms with Gasteiger partial charge in [-0.2, -0.15) is 0 Å². The second-order valence-electron chi connectivity index (χ2n) is 6.53. The van der Waals surface area contributed by atoms with Crippen molar-refractivity contribution in [2.24, 2.45) is 5.92 Å². The van der Waals surface area contributed by atoms with Crippen LogP contribution in [0.25, 0.3) is 0 Å². The van der Waals surface area contributed by atoms with Crippen LogP contribution in [0, 0.1) is 11.7 Å². The zero-order valence-corrected chi connectivity index (χ0v) is 14.7. The van der Waals surface area contributed by atoms with Crippen LogP contribution in [-0.4, -0.2) is 24.5 Å². The monoisotopic (exact) mass is 356 g/mol. The molecule has 2 atom stereocenters. The van der Waals surface area contributed by atoms with Crippen LogP contribution >= 0.6 is 0 Å². The van der Waals surface area contributed by atoms with Crippen LogP contribution in [0.15, 0.2) is 48.5 Å². The number of hydrogen-bond donors (Lipinski definition) is 2. The molecule has 2 aromatic rings. The maximum absolute atomic E-state index is 13.8. The molecule has 2 aromatic carbocycles. The second kappa shape index (κ2) is 7.56. The van der Waals surface area contributed by atoms with Crippen LogP contribution in [0.1, 0.15) is 25.3 Å². The number of rotatable bonds is 5. The van der Waals surface area contributed by atoms with Crippen molar-refractivity contribution >= 4 is 17.5 Å². The van der Waals surface area contributed by atoms with E-state index in [9.17, 15) is 14.0 Å². The van der Waals surface area contributed by atoms with Crippen molar-refractivity contribution in [3.63, 3.8) is 0 Å². The third-order valence-corrected chi connectivity index (χ3v) is 4.28. The van der Waals surface area contributed by atoms with Gasteiger partial charge in [0.2, 0.25) is 11.8 Å². The fraction of sp³-hybridized carbons (Fsp3) is 0.300. The van der Waals surface area contributed by atoms with Crippen LogP contribution in [0.2, 0.25) is 0 Å². The first-order valence-corrected chi connectivity index (χ1v) is 8.55. The fourth-order valence-corrected chi connectivity index (χ4v) is 3.07. The van der Waals surface area contributed by atoms with Crippen molar-refractivity contribution in [3.8, 4) is 5.75 Å². The molecular formula is C20H21FN2O3. The number of carbonyl (C=O) groups is 2. The molecule has 1 fully saturated rings. The molecule has 0 radical (unpaired) electrons. The highest BCUT2D eigenvalue weighted by molar-refractivity contribution is 6.08. The topological polar surface area (TPSA) is 67.4 Å². The average molecular weight is 356 g/mol. The molecule has 3 rings (SSSR count). The molecule has 0 bridgehead atoms. The van der Waals surface area contributed by atoms with Crippen molar-refractivity contribution < 1.29 is 18.7 Å². The normalized spacial score (nSPS) is 19.3. The molecule has 2 N–H and O–H groups in total. The van der Waals surface area contributed by atoms with Crippen molar-refractivity contribution in [2.75, 3.05) is 11.9 Å². The first-order valence-electron chi connectivity index (χ1n) is 8.55. The minimum Gasteiger partial charge on any atom is -0.491 e. The molecule has 2 amide bonds. The Morgan fingerprint density at radius 1 is 1.19 bits per heavy atom. The van der Waals surface area contributed by atoms with Crippen molar-refractivity contribution in [2.45, 2.75) is 25.9 Å². The predicted molar refractivity (Wildman–Crippen MR) is 96.5 cm³/mol. The molecule has 5 nitrogen and oxygen atoms in total. The van der Waals surface area contributed by atoms with Gasteiger partial charge in [0.25, 0.3) is 0 Å². The second-order valence-corrected chi connectivity index (χ2v) is 6.53. The first kappa shape index (κ1) is 17.9. The molecule has 6 heteroatoms. The summed E-state index contributed by atoms with van der Waals surface area (Å²) in [5.74, 6) is -1.91. The van der Waals surface area contributed by atoms with Gasteiger partial charge in [0, 0.05) is 12.5 Å². The Morgan fingerprint density at radius 3 is 2.54 bits per heavy atom. The van der Waals surface area contributed by atoms with Crippen molar-refractivity contribution in [1.29, 1.82) is 0 Å². The highest BCUT2D eigenvalue weighted by atomic mass is 19.1. The largest absolute Gasteiger partial charge is 0.491 e. The molecule has 136 valence electrons. The maximum Gasteiger partial charge on any atom is 0.237 e. The van der Waals surface area contributed by atoms with Crippen LogP contribution in [0.3, 0.4) is 0 Å². The van der Waals surface area contributed by atoms with Gasteiger partial charge in [-0.1, -0.05) is 24.3 Å². The summed E-state index contributed by atoms with van der Waals surface area (Å²) in [5, 5.41) is 5.24. The Kier molecular flexibility index (Phi) is 5.21. The van der Waals surface area contributed by atoms with Gasteiger partial charge in [-0.05, 0) is 43.7 Å². The van der Waals surface area contributed by atoms with E-state index in [-0.39, 0.29) is 23.6 Å². The summed E-state index contributed by atoms with van der Waals surface area (Å²) in [5.41, 5.74) is 0.921. The van der Waals surface area contributed by atoms with E-state index in [1.54, 1.807) is 6.07 Å². The van der Waals surface area contributed by atoms with Crippen molar-refractivity contribution in [1.82, 2.24) is 5.32 Å². The number of nitrogens with one attached hydrogen (secondary N) is 2. The minimum absolute atomic E-state index is 0.0647. The number of carbonyl (C=O) groups excluding carboxylic acids is 2. The lowest BCUT2D eigenvalue weighted by Crippen LogP contribution is -2.32. The number of ether oxygens (including phenoxy) is 1.